The normalized spacial score (nSPS) is 20.3. The Morgan fingerprint density at radius 1 is 1.03 bits per heavy atom. The van der Waals surface area contributed by atoms with Gasteiger partial charge in [-0.25, -0.2) is 4.79 Å². The van der Waals surface area contributed by atoms with E-state index in [9.17, 15) is 9.59 Å². The lowest BCUT2D eigenvalue weighted by Crippen LogP contribution is -2.54. The van der Waals surface area contributed by atoms with Crippen molar-refractivity contribution < 1.29 is 19.1 Å². The second-order valence-electron chi connectivity index (χ2n) is 9.70. The molecule has 0 aliphatic carbocycles. The third-order valence-electron chi connectivity index (χ3n) is 6.18. The maximum absolute atomic E-state index is 12.4. The highest BCUT2D eigenvalue weighted by Crippen LogP contribution is 2.27. The fraction of sp³-hybridized carbons (Fsp3) is 0.667. The first-order valence-electron chi connectivity index (χ1n) is 11.4. The summed E-state index contributed by atoms with van der Waals surface area (Å²) in [5.74, 6) is 0.211. The molecule has 2 saturated heterocycles. The number of carbonyl (C=O) groups excluding carboxylic acids is 2. The van der Waals surface area contributed by atoms with Crippen LogP contribution < -0.4 is 5.73 Å². The van der Waals surface area contributed by atoms with Crippen molar-refractivity contribution in [3.8, 4) is 0 Å². The summed E-state index contributed by atoms with van der Waals surface area (Å²) in [7, 11) is 0. The zero-order valence-electron chi connectivity index (χ0n) is 19.1. The predicted molar refractivity (Wildman–Crippen MR) is 119 cm³/mol. The summed E-state index contributed by atoms with van der Waals surface area (Å²) < 4.78 is 11.0. The van der Waals surface area contributed by atoms with E-state index in [0.29, 0.717) is 25.6 Å². The van der Waals surface area contributed by atoms with Crippen LogP contribution in [0.1, 0.15) is 52.0 Å². The number of hydrogen-bond acceptors (Lipinski definition) is 6. The Morgan fingerprint density at radius 2 is 1.65 bits per heavy atom. The number of amides is 1. The number of nitrogens with two attached hydrogens (primary N) is 1. The summed E-state index contributed by atoms with van der Waals surface area (Å²) >= 11 is 0. The van der Waals surface area contributed by atoms with Gasteiger partial charge in [0.1, 0.15) is 12.2 Å². The SMILES string of the molecule is CC(C)(C)OC(=O)C1CCN([C@H](N)C2CCN(C(=O)OCc3ccccc3)CC2)CC1. The molecule has 3 rings (SSSR count). The van der Waals surface area contributed by atoms with E-state index in [1.807, 2.05) is 51.1 Å². The summed E-state index contributed by atoms with van der Waals surface area (Å²) in [6.45, 7) is 8.96. The number of benzene rings is 1. The van der Waals surface area contributed by atoms with E-state index >= 15 is 0 Å². The fourth-order valence-electron chi connectivity index (χ4n) is 4.35. The van der Waals surface area contributed by atoms with E-state index in [0.717, 1.165) is 44.3 Å². The Balaban J connectivity index is 1.39. The molecule has 2 aliphatic heterocycles. The Labute approximate surface area is 185 Å². The minimum absolute atomic E-state index is 0.0380. The molecule has 1 aromatic rings. The van der Waals surface area contributed by atoms with E-state index in [2.05, 4.69) is 4.90 Å². The van der Waals surface area contributed by atoms with Crippen molar-refractivity contribution in [1.29, 1.82) is 0 Å². The van der Waals surface area contributed by atoms with Crippen LogP contribution in [0.4, 0.5) is 4.79 Å². The van der Waals surface area contributed by atoms with Crippen molar-refractivity contribution in [3.63, 3.8) is 0 Å². The van der Waals surface area contributed by atoms with Gasteiger partial charge in [0.15, 0.2) is 0 Å². The second kappa shape index (κ2) is 10.5. The minimum atomic E-state index is -0.444. The molecule has 2 N–H and O–H groups in total. The maximum Gasteiger partial charge on any atom is 0.410 e. The summed E-state index contributed by atoms with van der Waals surface area (Å²) in [5, 5.41) is 0. The molecule has 2 aliphatic rings. The summed E-state index contributed by atoms with van der Waals surface area (Å²) in [4.78, 5) is 28.7. The fourth-order valence-corrected chi connectivity index (χ4v) is 4.35. The first-order valence-corrected chi connectivity index (χ1v) is 11.4. The summed E-state index contributed by atoms with van der Waals surface area (Å²) in [5.41, 5.74) is 7.12. The highest BCUT2D eigenvalue weighted by Gasteiger charge is 2.34. The Bertz CT molecular complexity index is 718. The number of esters is 1. The number of likely N-dealkylation sites (tertiary alicyclic amines) is 2. The molecule has 1 amide bonds. The van der Waals surface area contributed by atoms with Gasteiger partial charge in [0.2, 0.25) is 0 Å². The molecule has 0 saturated carbocycles. The predicted octanol–water partition coefficient (Wildman–Crippen LogP) is 3.37. The van der Waals surface area contributed by atoms with Gasteiger partial charge in [-0.3, -0.25) is 9.69 Å². The number of nitrogens with zero attached hydrogens (tertiary/aromatic N) is 2. The number of ether oxygens (including phenoxy) is 2. The van der Waals surface area contributed by atoms with Gasteiger partial charge in [0.05, 0.1) is 12.1 Å². The van der Waals surface area contributed by atoms with Crippen molar-refractivity contribution in [2.75, 3.05) is 26.2 Å². The number of rotatable bonds is 5. The van der Waals surface area contributed by atoms with Crippen molar-refractivity contribution in [1.82, 2.24) is 9.80 Å². The summed E-state index contributed by atoms with van der Waals surface area (Å²) in [6.07, 6.45) is 3.01. The molecule has 2 fully saturated rings. The molecule has 0 unspecified atom stereocenters. The van der Waals surface area contributed by atoms with Crippen LogP contribution in [-0.4, -0.2) is 59.8 Å². The van der Waals surface area contributed by atoms with Crippen LogP contribution in [-0.2, 0) is 20.9 Å². The quantitative estimate of drug-likeness (QED) is 0.720. The van der Waals surface area contributed by atoms with E-state index in [-0.39, 0.29) is 24.1 Å². The van der Waals surface area contributed by atoms with Crippen molar-refractivity contribution in [3.05, 3.63) is 35.9 Å². The third kappa shape index (κ3) is 6.94. The lowest BCUT2D eigenvalue weighted by molar-refractivity contribution is -0.162. The standard InChI is InChI=1S/C24H37N3O4/c1-24(2,3)31-22(28)20-11-13-26(14-12-20)21(25)19-9-15-27(16-10-19)23(29)30-17-18-7-5-4-6-8-18/h4-8,19-21H,9-17,25H2,1-3H3/t21-/m0/s1. The zero-order valence-corrected chi connectivity index (χ0v) is 19.1. The number of carbonyl (C=O) groups is 2. The highest BCUT2D eigenvalue weighted by atomic mass is 16.6. The van der Waals surface area contributed by atoms with Crippen LogP contribution >= 0.6 is 0 Å². The first-order chi connectivity index (χ1) is 14.7. The third-order valence-corrected chi connectivity index (χ3v) is 6.18. The number of piperidine rings is 2. The average Bonchev–Trinajstić information content (AvgIpc) is 2.77. The lowest BCUT2D eigenvalue weighted by Gasteiger charge is -2.41. The molecule has 7 heteroatoms. The Hall–Kier alpha value is -2.12. The van der Waals surface area contributed by atoms with Crippen LogP contribution in [0.5, 0.6) is 0 Å². The van der Waals surface area contributed by atoms with E-state index in [4.69, 9.17) is 15.2 Å². The van der Waals surface area contributed by atoms with Crippen molar-refractivity contribution in [2.24, 2.45) is 17.6 Å². The van der Waals surface area contributed by atoms with Gasteiger partial charge in [0, 0.05) is 26.2 Å². The van der Waals surface area contributed by atoms with E-state index < -0.39 is 5.60 Å². The Kier molecular flexibility index (Phi) is 7.94. The Morgan fingerprint density at radius 3 is 2.23 bits per heavy atom. The monoisotopic (exact) mass is 431 g/mol. The molecule has 0 spiro atoms. The van der Waals surface area contributed by atoms with Gasteiger partial charge in [-0.05, 0) is 57.9 Å². The van der Waals surface area contributed by atoms with Gasteiger partial charge in [0.25, 0.3) is 0 Å². The number of hydrogen-bond donors (Lipinski definition) is 1. The molecule has 172 valence electrons. The zero-order chi connectivity index (χ0) is 22.4. The molecule has 31 heavy (non-hydrogen) atoms. The average molecular weight is 432 g/mol. The van der Waals surface area contributed by atoms with Crippen LogP contribution in [0, 0.1) is 11.8 Å². The van der Waals surface area contributed by atoms with E-state index in [1.165, 1.54) is 0 Å². The molecule has 1 aromatic carbocycles. The van der Waals surface area contributed by atoms with Crippen LogP contribution in [0.25, 0.3) is 0 Å². The molecule has 2 heterocycles. The van der Waals surface area contributed by atoms with Crippen molar-refractivity contribution in [2.45, 2.75) is 64.8 Å². The lowest BCUT2D eigenvalue weighted by atomic mass is 9.90. The summed E-state index contributed by atoms with van der Waals surface area (Å²) in [6, 6.07) is 9.72. The van der Waals surface area contributed by atoms with Crippen LogP contribution in [0.3, 0.4) is 0 Å². The van der Waals surface area contributed by atoms with Crippen LogP contribution in [0.2, 0.25) is 0 Å². The van der Waals surface area contributed by atoms with Gasteiger partial charge in [-0.1, -0.05) is 30.3 Å². The largest absolute Gasteiger partial charge is 0.460 e. The molecule has 0 radical (unpaired) electrons. The van der Waals surface area contributed by atoms with Crippen molar-refractivity contribution >= 4 is 12.1 Å². The molecule has 0 aromatic heterocycles. The molecular weight excluding hydrogens is 394 g/mol. The smallest absolute Gasteiger partial charge is 0.410 e. The molecule has 7 nitrogen and oxygen atoms in total. The molecule has 0 bridgehead atoms. The van der Waals surface area contributed by atoms with Gasteiger partial charge >= 0.3 is 12.1 Å². The second-order valence-corrected chi connectivity index (χ2v) is 9.70. The van der Waals surface area contributed by atoms with Gasteiger partial charge < -0.3 is 20.1 Å². The van der Waals surface area contributed by atoms with E-state index in [1.54, 1.807) is 4.90 Å². The van der Waals surface area contributed by atoms with Gasteiger partial charge in [-0.15, -0.1) is 0 Å². The first kappa shape index (κ1) is 23.5. The maximum atomic E-state index is 12.4. The highest BCUT2D eigenvalue weighted by molar-refractivity contribution is 5.73. The molecular formula is C24H37N3O4. The van der Waals surface area contributed by atoms with Crippen LogP contribution in [0.15, 0.2) is 30.3 Å². The van der Waals surface area contributed by atoms with Gasteiger partial charge in [-0.2, -0.15) is 0 Å². The topological polar surface area (TPSA) is 85.1 Å². The molecule has 1 atom stereocenters. The minimum Gasteiger partial charge on any atom is -0.460 e.